The van der Waals surface area contributed by atoms with Gasteiger partial charge in [0.25, 0.3) is 5.91 Å². The maximum Gasteiger partial charge on any atom is 0.257 e. The van der Waals surface area contributed by atoms with Crippen molar-refractivity contribution in [1.29, 1.82) is 0 Å². The molecule has 0 fully saturated rings. The fourth-order valence-corrected chi connectivity index (χ4v) is 4.35. The van der Waals surface area contributed by atoms with Crippen LogP contribution in [-0.2, 0) is 20.8 Å². The van der Waals surface area contributed by atoms with Gasteiger partial charge in [-0.3, -0.25) is 14.5 Å². The minimum atomic E-state index is -0.317. The highest BCUT2D eigenvalue weighted by Crippen LogP contribution is 2.27. The summed E-state index contributed by atoms with van der Waals surface area (Å²) in [6, 6.07) is 11.6. The molecule has 0 unspecified atom stereocenters. The summed E-state index contributed by atoms with van der Waals surface area (Å²) in [5.41, 5.74) is 1.70. The highest BCUT2D eigenvalue weighted by atomic mass is 19.1. The first-order valence-electron chi connectivity index (χ1n) is 12.0. The molecule has 3 rings (SSSR count). The Kier molecular flexibility index (Phi) is 9.81. The smallest absolute Gasteiger partial charge is 0.257 e. The summed E-state index contributed by atoms with van der Waals surface area (Å²) in [5.74, 6) is -0.304. The van der Waals surface area contributed by atoms with Crippen molar-refractivity contribution in [3.05, 3.63) is 59.4 Å². The van der Waals surface area contributed by atoms with Gasteiger partial charge in [0.1, 0.15) is 24.8 Å². The van der Waals surface area contributed by atoms with Gasteiger partial charge in [0.15, 0.2) is 0 Å². The van der Waals surface area contributed by atoms with Gasteiger partial charge < -0.3 is 24.4 Å². The zero-order valence-corrected chi connectivity index (χ0v) is 21.6. The van der Waals surface area contributed by atoms with Crippen molar-refractivity contribution in [3.8, 4) is 5.75 Å². The molecule has 36 heavy (non-hydrogen) atoms. The summed E-state index contributed by atoms with van der Waals surface area (Å²) in [4.78, 5) is 29.3. The van der Waals surface area contributed by atoms with Crippen molar-refractivity contribution >= 4 is 17.5 Å². The minimum absolute atomic E-state index is 0.0330. The van der Waals surface area contributed by atoms with Crippen LogP contribution < -0.4 is 10.1 Å². The predicted molar refractivity (Wildman–Crippen MR) is 136 cm³/mol. The molecule has 9 heteroatoms. The first kappa shape index (κ1) is 27.6. The Balaban J connectivity index is 1.92. The lowest BCUT2D eigenvalue weighted by atomic mass is 10.0. The number of hydrogen-bond donors (Lipinski definition) is 1. The van der Waals surface area contributed by atoms with E-state index in [1.807, 2.05) is 13.0 Å². The lowest BCUT2D eigenvalue weighted by Crippen LogP contribution is -2.46. The van der Waals surface area contributed by atoms with Crippen molar-refractivity contribution in [3.63, 3.8) is 0 Å². The summed E-state index contributed by atoms with van der Waals surface area (Å²) < 4.78 is 30.6. The number of ether oxygens (including phenoxy) is 3. The fourth-order valence-electron chi connectivity index (χ4n) is 4.35. The molecule has 2 aromatic rings. The van der Waals surface area contributed by atoms with Gasteiger partial charge >= 0.3 is 0 Å². The first-order chi connectivity index (χ1) is 17.2. The number of halogens is 1. The molecule has 0 saturated heterocycles. The monoisotopic (exact) mass is 501 g/mol. The van der Waals surface area contributed by atoms with Crippen LogP contribution in [-0.4, -0.2) is 81.3 Å². The van der Waals surface area contributed by atoms with E-state index in [2.05, 4.69) is 17.1 Å². The molecule has 0 radical (unpaired) electrons. The second-order valence-corrected chi connectivity index (χ2v) is 9.35. The molecule has 1 aliphatic rings. The average Bonchev–Trinajstić information content (AvgIpc) is 2.84. The second-order valence-electron chi connectivity index (χ2n) is 9.35. The second kappa shape index (κ2) is 12.8. The fraction of sp³-hybridized carbons (Fsp3) is 0.481. The van der Waals surface area contributed by atoms with Crippen molar-refractivity contribution in [2.75, 3.05) is 52.9 Å². The van der Waals surface area contributed by atoms with Crippen LogP contribution in [0.3, 0.4) is 0 Å². The number of nitrogens with zero attached hydrogens (tertiary/aromatic N) is 2. The number of nitrogens with one attached hydrogen (secondary N) is 1. The van der Waals surface area contributed by atoms with Gasteiger partial charge in [-0.1, -0.05) is 19.1 Å². The summed E-state index contributed by atoms with van der Waals surface area (Å²) in [6.45, 7) is 5.97. The molecule has 0 aliphatic carbocycles. The van der Waals surface area contributed by atoms with E-state index in [-0.39, 0.29) is 42.3 Å². The Labute approximate surface area is 212 Å². The molecule has 0 spiro atoms. The van der Waals surface area contributed by atoms with Gasteiger partial charge in [0, 0.05) is 52.6 Å². The van der Waals surface area contributed by atoms with Gasteiger partial charge in [0.05, 0.1) is 11.7 Å². The molecule has 196 valence electrons. The van der Waals surface area contributed by atoms with E-state index in [4.69, 9.17) is 14.2 Å². The number of carbonyl (C=O) groups is 2. The maximum atomic E-state index is 13.8. The average molecular weight is 502 g/mol. The van der Waals surface area contributed by atoms with Crippen molar-refractivity contribution in [2.45, 2.75) is 32.5 Å². The summed E-state index contributed by atoms with van der Waals surface area (Å²) in [7, 11) is 4.81. The Bertz CT molecular complexity index is 1050. The molecule has 3 atom stereocenters. The number of benzene rings is 2. The number of methoxy groups -OCH3 is 2. The van der Waals surface area contributed by atoms with Crippen LogP contribution in [0.2, 0.25) is 0 Å². The lowest BCUT2D eigenvalue weighted by molar-refractivity contribution is -0.119. The Morgan fingerprint density at radius 1 is 1.17 bits per heavy atom. The molecular weight excluding hydrogens is 465 g/mol. The molecular formula is C27H36FN3O5. The zero-order valence-electron chi connectivity index (χ0n) is 21.6. The number of amides is 2. The Morgan fingerprint density at radius 3 is 2.64 bits per heavy atom. The van der Waals surface area contributed by atoms with E-state index in [1.165, 1.54) is 13.2 Å². The summed E-state index contributed by atoms with van der Waals surface area (Å²) in [6.07, 6.45) is -0.213. The standard InChI is InChI=1S/C27H36FN3O5/c1-18-13-31(14-20-7-6-8-21(28)11-20)19(2)16-36-24-10-9-22(29-26(32)17-34-4)12-23(24)27(33)30(3)15-25(18)35-5/h6-12,18-19,25H,13-17H2,1-5H3,(H,29,32)/t18-,19+,25+/m0/s1. The molecule has 0 bridgehead atoms. The number of likely N-dealkylation sites (N-methyl/N-ethyl adjacent to an activating group) is 1. The molecule has 0 aromatic heterocycles. The zero-order chi connectivity index (χ0) is 26.2. The molecule has 1 heterocycles. The van der Waals surface area contributed by atoms with Crippen LogP contribution in [0, 0.1) is 11.7 Å². The molecule has 2 amide bonds. The maximum absolute atomic E-state index is 13.8. The molecule has 1 aliphatic heterocycles. The van der Waals surface area contributed by atoms with E-state index in [0.717, 1.165) is 5.56 Å². The predicted octanol–water partition coefficient (Wildman–Crippen LogP) is 3.42. The van der Waals surface area contributed by atoms with Crippen LogP contribution in [0.15, 0.2) is 42.5 Å². The van der Waals surface area contributed by atoms with Crippen molar-refractivity contribution in [2.24, 2.45) is 5.92 Å². The van der Waals surface area contributed by atoms with Crippen LogP contribution in [0.5, 0.6) is 5.75 Å². The molecule has 2 aromatic carbocycles. The SMILES string of the molecule is COCC(=O)Nc1ccc2c(c1)C(=O)N(C)C[C@@H](OC)[C@@H](C)CN(Cc1cccc(F)c1)[C@H](C)CO2. The van der Waals surface area contributed by atoms with Crippen LogP contribution >= 0.6 is 0 Å². The highest BCUT2D eigenvalue weighted by molar-refractivity contribution is 5.99. The van der Waals surface area contributed by atoms with E-state index >= 15 is 0 Å². The van der Waals surface area contributed by atoms with Crippen LogP contribution in [0.25, 0.3) is 0 Å². The van der Waals surface area contributed by atoms with Gasteiger partial charge in [-0.15, -0.1) is 0 Å². The summed E-state index contributed by atoms with van der Waals surface area (Å²) in [5, 5.41) is 2.74. The minimum Gasteiger partial charge on any atom is -0.491 e. The lowest BCUT2D eigenvalue weighted by Gasteiger charge is -2.36. The van der Waals surface area contributed by atoms with E-state index < -0.39 is 0 Å². The third kappa shape index (κ3) is 7.25. The van der Waals surface area contributed by atoms with E-state index in [1.54, 1.807) is 49.4 Å². The van der Waals surface area contributed by atoms with Crippen LogP contribution in [0.4, 0.5) is 10.1 Å². The van der Waals surface area contributed by atoms with Gasteiger partial charge in [-0.25, -0.2) is 4.39 Å². The third-order valence-corrected chi connectivity index (χ3v) is 6.41. The van der Waals surface area contributed by atoms with Crippen LogP contribution in [0.1, 0.15) is 29.8 Å². The largest absolute Gasteiger partial charge is 0.491 e. The topological polar surface area (TPSA) is 80.3 Å². The van der Waals surface area contributed by atoms with E-state index in [0.29, 0.717) is 43.2 Å². The summed E-state index contributed by atoms with van der Waals surface area (Å²) >= 11 is 0. The van der Waals surface area contributed by atoms with E-state index in [9.17, 15) is 14.0 Å². The molecule has 0 saturated carbocycles. The highest BCUT2D eigenvalue weighted by Gasteiger charge is 2.28. The van der Waals surface area contributed by atoms with Gasteiger partial charge in [-0.2, -0.15) is 0 Å². The Hall–Kier alpha value is -3.01. The van der Waals surface area contributed by atoms with Gasteiger partial charge in [-0.05, 0) is 48.7 Å². The van der Waals surface area contributed by atoms with Crippen molar-refractivity contribution in [1.82, 2.24) is 9.80 Å². The molecule has 8 nitrogen and oxygen atoms in total. The Morgan fingerprint density at radius 2 is 1.94 bits per heavy atom. The van der Waals surface area contributed by atoms with Crippen molar-refractivity contribution < 1.29 is 28.2 Å². The number of rotatable bonds is 6. The number of hydrogen-bond acceptors (Lipinski definition) is 6. The quantitative estimate of drug-likeness (QED) is 0.654. The number of fused-ring (bicyclic) bond motifs is 1. The third-order valence-electron chi connectivity index (χ3n) is 6.41. The molecule has 1 N–H and O–H groups in total. The van der Waals surface area contributed by atoms with Gasteiger partial charge in [0.2, 0.25) is 5.91 Å². The number of carbonyl (C=O) groups excluding carboxylic acids is 2. The first-order valence-corrected chi connectivity index (χ1v) is 12.0. The normalized spacial score (nSPS) is 21.7. The number of anilines is 1.